The molecule has 25 heavy (non-hydrogen) atoms. The van der Waals surface area contributed by atoms with Crippen molar-refractivity contribution < 1.29 is 14.3 Å². The average molecular weight is 341 g/mol. The van der Waals surface area contributed by atoms with Gasteiger partial charge >= 0.3 is 0 Å². The number of methoxy groups -OCH3 is 1. The fraction of sp³-hybridized carbons (Fsp3) is 0.294. The molecule has 3 rings (SSSR count). The largest absolute Gasteiger partial charge is 0.495 e. The average Bonchev–Trinajstić information content (AvgIpc) is 2.62. The van der Waals surface area contributed by atoms with Crippen molar-refractivity contribution in [1.82, 2.24) is 9.97 Å². The van der Waals surface area contributed by atoms with E-state index in [9.17, 15) is 9.59 Å². The van der Waals surface area contributed by atoms with Crippen LogP contribution >= 0.6 is 0 Å². The summed E-state index contributed by atoms with van der Waals surface area (Å²) in [6, 6.07) is 5.54. The lowest BCUT2D eigenvalue weighted by molar-refractivity contribution is -0.119. The number of nitrogens with zero attached hydrogens (tertiary/aromatic N) is 3. The summed E-state index contributed by atoms with van der Waals surface area (Å²) in [5.74, 6) is 0.628. The Hall–Kier alpha value is -3.16. The molecule has 0 saturated carbocycles. The zero-order chi connectivity index (χ0) is 17.8. The zero-order valence-corrected chi connectivity index (χ0v) is 13.9. The predicted molar refractivity (Wildman–Crippen MR) is 93.3 cm³/mol. The molecule has 130 valence electrons. The monoisotopic (exact) mass is 341 g/mol. The van der Waals surface area contributed by atoms with Crippen LogP contribution in [0, 0.1) is 0 Å². The molecule has 1 aliphatic rings. The second-order valence-electron chi connectivity index (χ2n) is 5.66. The molecular formula is C17H19N5O3. The molecule has 8 nitrogen and oxygen atoms in total. The minimum absolute atomic E-state index is 0.0726. The molecule has 2 heterocycles. The van der Waals surface area contributed by atoms with Gasteiger partial charge in [-0.05, 0) is 18.2 Å². The highest BCUT2D eigenvalue weighted by Gasteiger charge is 2.20. The van der Waals surface area contributed by atoms with E-state index in [1.165, 1.54) is 12.4 Å². The Morgan fingerprint density at radius 1 is 1.24 bits per heavy atom. The lowest BCUT2D eigenvalue weighted by atomic mass is 10.1. The quantitative estimate of drug-likeness (QED) is 0.848. The van der Waals surface area contributed by atoms with Crippen molar-refractivity contribution in [3.8, 4) is 5.75 Å². The smallest absolute Gasteiger partial charge is 0.271 e. The number of nitrogens with two attached hydrogens (primary N) is 1. The molecule has 0 bridgehead atoms. The summed E-state index contributed by atoms with van der Waals surface area (Å²) in [5.41, 5.74) is 7.00. The first-order chi connectivity index (χ1) is 12.1. The van der Waals surface area contributed by atoms with Gasteiger partial charge < -0.3 is 20.7 Å². The van der Waals surface area contributed by atoms with Crippen LogP contribution in [0.3, 0.4) is 0 Å². The van der Waals surface area contributed by atoms with E-state index >= 15 is 0 Å². The van der Waals surface area contributed by atoms with Crippen molar-refractivity contribution in [1.29, 1.82) is 0 Å². The Morgan fingerprint density at radius 2 is 1.96 bits per heavy atom. The summed E-state index contributed by atoms with van der Waals surface area (Å²) in [5, 5.41) is 3.07. The van der Waals surface area contributed by atoms with E-state index in [1.54, 1.807) is 7.11 Å². The fourth-order valence-electron chi connectivity index (χ4n) is 2.76. The van der Waals surface area contributed by atoms with Crippen molar-refractivity contribution in [2.75, 3.05) is 30.4 Å². The molecule has 3 N–H and O–H groups in total. The van der Waals surface area contributed by atoms with Crippen molar-refractivity contribution in [2.45, 2.75) is 12.8 Å². The summed E-state index contributed by atoms with van der Waals surface area (Å²) >= 11 is 0. The van der Waals surface area contributed by atoms with Crippen LogP contribution in [0.15, 0.2) is 30.6 Å². The van der Waals surface area contributed by atoms with Gasteiger partial charge in [-0.25, -0.2) is 9.97 Å². The molecule has 1 fully saturated rings. The number of rotatable bonds is 5. The van der Waals surface area contributed by atoms with Gasteiger partial charge in [0.1, 0.15) is 11.5 Å². The molecule has 8 heteroatoms. The van der Waals surface area contributed by atoms with Crippen LogP contribution in [0.1, 0.15) is 23.3 Å². The number of hydrogen-bond donors (Lipinski definition) is 2. The molecule has 0 aliphatic carbocycles. The fourth-order valence-corrected chi connectivity index (χ4v) is 2.76. The van der Waals surface area contributed by atoms with Crippen LogP contribution in [0.25, 0.3) is 0 Å². The van der Waals surface area contributed by atoms with Crippen LogP contribution in [-0.4, -0.2) is 41.9 Å². The molecule has 2 aromatic rings. The van der Waals surface area contributed by atoms with Crippen LogP contribution in [-0.2, 0) is 4.79 Å². The van der Waals surface area contributed by atoms with E-state index in [1.807, 2.05) is 18.2 Å². The lowest BCUT2D eigenvalue weighted by Gasteiger charge is -2.29. The maximum Gasteiger partial charge on any atom is 0.271 e. The topological polar surface area (TPSA) is 110 Å². The second kappa shape index (κ2) is 7.16. The molecule has 1 aromatic carbocycles. The minimum atomic E-state index is -0.654. The van der Waals surface area contributed by atoms with Crippen molar-refractivity contribution in [3.63, 3.8) is 0 Å². The number of hydrogen-bond acceptors (Lipinski definition) is 7. The van der Waals surface area contributed by atoms with E-state index in [4.69, 9.17) is 10.5 Å². The number of ether oxygens (including phenoxy) is 1. The zero-order valence-electron chi connectivity index (χ0n) is 13.9. The number of ketones is 1. The number of carbonyl (C=O) groups is 2. The van der Waals surface area contributed by atoms with Gasteiger partial charge in [-0.1, -0.05) is 0 Å². The third-order valence-corrected chi connectivity index (χ3v) is 4.04. The number of anilines is 3. The van der Waals surface area contributed by atoms with Gasteiger partial charge in [0.25, 0.3) is 5.91 Å². The highest BCUT2D eigenvalue weighted by atomic mass is 16.5. The first-order valence-corrected chi connectivity index (χ1v) is 7.91. The molecule has 1 saturated heterocycles. The van der Waals surface area contributed by atoms with Crippen LogP contribution < -0.4 is 20.7 Å². The summed E-state index contributed by atoms with van der Waals surface area (Å²) in [7, 11) is 1.61. The van der Waals surface area contributed by atoms with Gasteiger partial charge in [-0.15, -0.1) is 0 Å². The summed E-state index contributed by atoms with van der Waals surface area (Å²) < 4.78 is 5.44. The molecule has 1 amide bonds. The first-order valence-electron chi connectivity index (χ1n) is 7.91. The van der Waals surface area contributed by atoms with Gasteiger partial charge in [0.2, 0.25) is 0 Å². The molecule has 1 aliphatic heterocycles. The highest BCUT2D eigenvalue weighted by Crippen LogP contribution is 2.33. The molecule has 0 atom stereocenters. The Labute approximate surface area is 145 Å². The number of carbonyl (C=O) groups excluding carboxylic acids is 2. The van der Waals surface area contributed by atoms with Crippen LogP contribution in [0.5, 0.6) is 5.75 Å². The molecular weight excluding hydrogens is 322 g/mol. The summed E-state index contributed by atoms with van der Waals surface area (Å²) in [6.45, 7) is 1.30. The van der Waals surface area contributed by atoms with Crippen molar-refractivity contribution >= 4 is 28.9 Å². The van der Waals surface area contributed by atoms with E-state index in [-0.39, 0.29) is 11.5 Å². The Kier molecular flexibility index (Phi) is 4.78. The highest BCUT2D eigenvalue weighted by molar-refractivity contribution is 5.96. The SMILES string of the molecule is COc1ccc(Nc2nccnc2C(N)=O)cc1N1CCC(=O)CC1. The minimum Gasteiger partial charge on any atom is -0.495 e. The number of piperidine rings is 1. The lowest BCUT2D eigenvalue weighted by Crippen LogP contribution is -2.34. The third kappa shape index (κ3) is 3.68. The second-order valence-corrected chi connectivity index (χ2v) is 5.66. The van der Waals surface area contributed by atoms with E-state index in [2.05, 4.69) is 20.2 Å². The summed E-state index contributed by atoms with van der Waals surface area (Å²) in [6.07, 6.45) is 3.94. The Balaban J connectivity index is 1.90. The van der Waals surface area contributed by atoms with Gasteiger partial charge in [0, 0.05) is 44.0 Å². The van der Waals surface area contributed by atoms with Crippen molar-refractivity contribution in [2.24, 2.45) is 5.73 Å². The van der Waals surface area contributed by atoms with E-state index in [0.717, 1.165) is 11.4 Å². The number of nitrogens with one attached hydrogen (secondary N) is 1. The van der Waals surface area contributed by atoms with Gasteiger partial charge in [0.05, 0.1) is 12.8 Å². The van der Waals surface area contributed by atoms with Gasteiger partial charge in [-0.3, -0.25) is 9.59 Å². The predicted octanol–water partition coefficient (Wildman–Crippen LogP) is 1.50. The third-order valence-electron chi connectivity index (χ3n) is 4.04. The van der Waals surface area contributed by atoms with Gasteiger partial charge in [-0.2, -0.15) is 0 Å². The normalized spacial score (nSPS) is 14.3. The van der Waals surface area contributed by atoms with Crippen molar-refractivity contribution in [3.05, 3.63) is 36.3 Å². The molecule has 0 spiro atoms. The van der Waals surface area contributed by atoms with Crippen LogP contribution in [0.4, 0.5) is 17.2 Å². The Morgan fingerprint density at radius 3 is 2.64 bits per heavy atom. The first kappa shape index (κ1) is 16.7. The summed E-state index contributed by atoms with van der Waals surface area (Å²) in [4.78, 5) is 33.1. The molecule has 1 aromatic heterocycles. The molecule has 0 unspecified atom stereocenters. The number of benzene rings is 1. The number of amides is 1. The molecule has 0 radical (unpaired) electrons. The standard InChI is InChI=1S/C17H19N5O3/c1-25-14-3-2-11(10-13(14)22-8-4-12(23)5-9-22)21-17-15(16(18)24)19-6-7-20-17/h2-3,6-7,10H,4-5,8-9H2,1H3,(H2,18,24)(H,20,21). The maximum absolute atomic E-state index is 11.5. The van der Waals surface area contributed by atoms with E-state index < -0.39 is 5.91 Å². The number of aromatic nitrogens is 2. The number of Topliss-reactive ketones (excluding diaryl/α,β-unsaturated/α-hetero) is 1. The maximum atomic E-state index is 11.5. The van der Waals surface area contributed by atoms with Gasteiger partial charge in [0.15, 0.2) is 11.5 Å². The number of primary amides is 1. The Bertz CT molecular complexity index is 799. The van der Waals surface area contributed by atoms with E-state index in [0.29, 0.717) is 37.5 Å². The van der Waals surface area contributed by atoms with Crippen LogP contribution in [0.2, 0.25) is 0 Å².